The summed E-state index contributed by atoms with van der Waals surface area (Å²) in [6.45, 7) is -0.266. The van der Waals surface area contributed by atoms with Gasteiger partial charge in [0.15, 0.2) is 6.29 Å². The van der Waals surface area contributed by atoms with Gasteiger partial charge in [0.1, 0.15) is 24.4 Å². The molecule has 0 saturated carbocycles. The molecule has 0 aromatic heterocycles. The molecule has 2 N–H and O–H groups in total. The molecule has 0 amide bonds. The Morgan fingerprint density at radius 3 is 2.47 bits per heavy atom. The lowest BCUT2D eigenvalue weighted by molar-refractivity contribution is -0.151. The van der Waals surface area contributed by atoms with Gasteiger partial charge in [-0.2, -0.15) is 0 Å². The van der Waals surface area contributed by atoms with E-state index in [4.69, 9.17) is 13.6 Å². The van der Waals surface area contributed by atoms with Crippen LogP contribution in [0.3, 0.4) is 0 Å². The van der Waals surface area contributed by atoms with Crippen LogP contribution in [0.1, 0.15) is 4.11 Å². The maximum Gasteiger partial charge on any atom is 0.151 e. The first-order valence-corrected chi connectivity index (χ1v) is 4.12. The average molecular weight is 225 g/mol. The molecule has 0 aromatic rings. The summed E-state index contributed by atoms with van der Waals surface area (Å²) < 4.78 is 35.0. The molecule has 0 aliphatic heterocycles. The zero-order valence-corrected chi connectivity index (χ0v) is 8.24. The van der Waals surface area contributed by atoms with Crippen LogP contribution >= 0.6 is 0 Å². The van der Waals surface area contributed by atoms with Crippen LogP contribution < -0.4 is 0 Å². The van der Waals surface area contributed by atoms with E-state index in [9.17, 15) is 15.0 Å². The Balaban J connectivity index is 4.71. The molecule has 0 aliphatic rings. The molecule has 0 rings (SSSR count). The fourth-order valence-corrected chi connectivity index (χ4v) is 1.11. The van der Waals surface area contributed by atoms with E-state index in [1.54, 1.807) is 0 Å². The van der Waals surface area contributed by atoms with E-state index < -0.39 is 38.6 Å². The van der Waals surface area contributed by atoms with Gasteiger partial charge in [-0.1, -0.05) is 0 Å². The van der Waals surface area contributed by atoms with Crippen LogP contribution in [0.4, 0.5) is 0 Å². The third-order valence-electron chi connectivity index (χ3n) is 1.85. The Labute approximate surface area is 93.0 Å². The van der Waals surface area contributed by atoms with Crippen molar-refractivity contribution in [1.82, 2.24) is 0 Å². The molecule has 6 nitrogen and oxygen atoms in total. The molecule has 0 aliphatic carbocycles. The Morgan fingerprint density at radius 1 is 1.27 bits per heavy atom. The van der Waals surface area contributed by atoms with Crippen LogP contribution in [-0.2, 0) is 19.0 Å². The molecular weight excluding hydrogens is 204 g/mol. The highest BCUT2D eigenvalue weighted by atomic mass is 16.6. The predicted octanol–water partition coefficient (Wildman–Crippen LogP) is -1.42. The number of rotatable bonds is 8. The van der Waals surface area contributed by atoms with Crippen LogP contribution in [0.25, 0.3) is 0 Å². The van der Waals surface area contributed by atoms with Crippen molar-refractivity contribution in [3.05, 3.63) is 0 Å². The molecule has 0 bridgehead atoms. The fraction of sp³-hybridized carbons (Fsp3) is 0.889. The second-order valence-electron chi connectivity index (χ2n) is 2.83. The monoisotopic (exact) mass is 225 g/mol. The standard InChI is InChI=1S/C9H18O6/c1-13-5-7(12)9(15-3)8(14-2)6(11)4-10/h4,6-9,11-12H,5H2,1-3H3/t6-,7-,8-,9-/m1/s1/i1D,2D,3D. The number of aliphatic hydroxyl groups is 2. The summed E-state index contributed by atoms with van der Waals surface area (Å²) in [5.41, 5.74) is 0. The third kappa shape index (κ3) is 4.23. The van der Waals surface area contributed by atoms with Gasteiger partial charge in [-0.25, -0.2) is 0 Å². The lowest BCUT2D eigenvalue weighted by atomic mass is 10.0. The van der Waals surface area contributed by atoms with Crippen molar-refractivity contribution in [2.45, 2.75) is 24.4 Å². The number of hydrogen-bond donors (Lipinski definition) is 2. The highest BCUT2D eigenvalue weighted by Crippen LogP contribution is 2.11. The third-order valence-corrected chi connectivity index (χ3v) is 1.85. The van der Waals surface area contributed by atoms with Gasteiger partial charge < -0.3 is 29.2 Å². The van der Waals surface area contributed by atoms with Crippen molar-refractivity contribution >= 4 is 6.29 Å². The quantitative estimate of drug-likeness (QED) is 0.493. The van der Waals surface area contributed by atoms with Crippen molar-refractivity contribution in [3.8, 4) is 0 Å². The van der Waals surface area contributed by atoms with Gasteiger partial charge in [0.2, 0.25) is 0 Å². The second-order valence-corrected chi connectivity index (χ2v) is 2.83. The first-order valence-electron chi connectivity index (χ1n) is 6.24. The molecule has 0 unspecified atom stereocenters. The van der Waals surface area contributed by atoms with Crippen molar-refractivity contribution in [2.75, 3.05) is 27.9 Å². The van der Waals surface area contributed by atoms with Gasteiger partial charge in [0.05, 0.1) is 10.7 Å². The lowest BCUT2D eigenvalue weighted by Gasteiger charge is -2.29. The first-order chi connectivity index (χ1) is 8.62. The van der Waals surface area contributed by atoms with E-state index >= 15 is 0 Å². The second kappa shape index (κ2) is 7.72. The Bertz CT molecular complexity index is 220. The van der Waals surface area contributed by atoms with E-state index in [-0.39, 0.29) is 20.0 Å². The lowest BCUT2D eigenvalue weighted by Crippen LogP contribution is -2.48. The Morgan fingerprint density at radius 2 is 1.93 bits per heavy atom. The molecule has 4 atom stereocenters. The maximum atomic E-state index is 10.5. The maximum absolute atomic E-state index is 10.5. The number of aldehydes is 1. The summed E-state index contributed by atoms with van der Waals surface area (Å²) in [5, 5.41) is 19.1. The van der Waals surface area contributed by atoms with Crippen LogP contribution in [0, 0.1) is 0 Å². The minimum atomic E-state index is -1.59. The van der Waals surface area contributed by atoms with Crippen molar-refractivity contribution in [3.63, 3.8) is 0 Å². The molecule has 90 valence electrons. The number of methoxy groups -OCH3 is 3. The van der Waals surface area contributed by atoms with E-state index in [2.05, 4.69) is 4.74 Å². The van der Waals surface area contributed by atoms with Crippen molar-refractivity contribution < 1.29 is 33.3 Å². The average Bonchev–Trinajstić information content (AvgIpc) is 2.39. The molecule has 6 heteroatoms. The summed E-state index contributed by atoms with van der Waals surface area (Å²) in [4.78, 5) is 10.5. The van der Waals surface area contributed by atoms with Gasteiger partial charge in [0, 0.05) is 21.3 Å². The largest absolute Gasteiger partial charge is 0.388 e. The summed E-state index contributed by atoms with van der Waals surface area (Å²) in [7, 11) is -1.43. The molecule has 0 fully saturated rings. The normalized spacial score (nSPS) is 21.9. The highest BCUT2D eigenvalue weighted by Gasteiger charge is 2.33. The summed E-state index contributed by atoms with van der Waals surface area (Å²) in [6, 6.07) is 0. The number of ether oxygens (including phenoxy) is 3. The minimum Gasteiger partial charge on any atom is -0.388 e. The fourth-order valence-electron chi connectivity index (χ4n) is 1.11. The molecule has 0 spiro atoms. The van der Waals surface area contributed by atoms with E-state index in [0.717, 1.165) is 0 Å². The van der Waals surface area contributed by atoms with E-state index in [1.807, 2.05) is 0 Å². The minimum absolute atomic E-state index is 0.193. The molecule has 0 aromatic carbocycles. The predicted molar refractivity (Wildman–Crippen MR) is 51.5 cm³/mol. The molecule has 0 radical (unpaired) electrons. The number of hydrogen-bond acceptors (Lipinski definition) is 6. The first kappa shape index (κ1) is 9.68. The number of aliphatic hydroxyl groups excluding tert-OH is 2. The molecule has 0 heterocycles. The number of carbonyl (C=O) groups is 1. The van der Waals surface area contributed by atoms with E-state index in [1.165, 1.54) is 0 Å². The van der Waals surface area contributed by atoms with Crippen LogP contribution in [0.5, 0.6) is 0 Å². The Hall–Kier alpha value is -0.530. The summed E-state index contributed by atoms with van der Waals surface area (Å²) >= 11 is 0. The zero-order chi connectivity index (χ0) is 14.0. The Kier molecular flexibility index (Phi) is 4.98. The van der Waals surface area contributed by atoms with Crippen molar-refractivity contribution in [2.24, 2.45) is 0 Å². The summed E-state index contributed by atoms with van der Waals surface area (Å²) in [5.74, 6) is 0. The van der Waals surface area contributed by atoms with Crippen molar-refractivity contribution in [1.29, 1.82) is 0 Å². The SMILES string of the molecule is [2H]COC[C@@H](O)[C@@H](OC[2H])[C@H](OC[2H])[C@H](O)C=O. The molecular formula is C9H18O6. The topological polar surface area (TPSA) is 85.2 Å². The van der Waals surface area contributed by atoms with Crippen LogP contribution in [0.2, 0.25) is 0 Å². The van der Waals surface area contributed by atoms with Crippen LogP contribution in [0.15, 0.2) is 0 Å². The summed E-state index contributed by atoms with van der Waals surface area (Å²) in [6.07, 6.45) is -5.14. The highest BCUT2D eigenvalue weighted by molar-refractivity contribution is 5.56. The smallest absolute Gasteiger partial charge is 0.151 e. The van der Waals surface area contributed by atoms with Gasteiger partial charge in [-0.15, -0.1) is 0 Å². The number of carbonyl (C=O) groups excluding carboxylic acids is 1. The molecule has 0 saturated heterocycles. The van der Waals surface area contributed by atoms with Gasteiger partial charge >= 0.3 is 0 Å². The molecule has 15 heavy (non-hydrogen) atoms. The van der Waals surface area contributed by atoms with Gasteiger partial charge in [-0.3, -0.25) is 0 Å². The van der Waals surface area contributed by atoms with E-state index in [0.29, 0.717) is 0 Å². The van der Waals surface area contributed by atoms with Gasteiger partial charge in [-0.05, 0) is 0 Å². The van der Waals surface area contributed by atoms with Crippen LogP contribution in [-0.4, -0.2) is 68.8 Å². The zero-order valence-electron chi connectivity index (χ0n) is 11.2. The van der Waals surface area contributed by atoms with Gasteiger partial charge in [0.25, 0.3) is 0 Å².